The Balaban J connectivity index is 1.82. The third kappa shape index (κ3) is 3.63. The summed E-state index contributed by atoms with van der Waals surface area (Å²) in [5.74, 6) is -0.190. The van der Waals surface area contributed by atoms with Crippen molar-refractivity contribution < 1.29 is 4.79 Å². The molecule has 0 aliphatic carbocycles. The molecular weight excluding hydrogens is 390 g/mol. The van der Waals surface area contributed by atoms with Gasteiger partial charge in [0, 0.05) is 6.20 Å². The van der Waals surface area contributed by atoms with Gasteiger partial charge in [-0.05, 0) is 55.3 Å². The molecule has 2 heterocycles. The van der Waals surface area contributed by atoms with Gasteiger partial charge in [0.1, 0.15) is 0 Å². The van der Waals surface area contributed by atoms with E-state index >= 15 is 0 Å². The Hall–Kier alpha value is -2.76. The molecule has 28 heavy (non-hydrogen) atoms. The molecule has 0 bridgehead atoms. The number of aryl methyl sites for hydroxylation is 2. The summed E-state index contributed by atoms with van der Waals surface area (Å²) in [4.78, 5) is 24.2. The first kappa shape index (κ1) is 18.6. The van der Waals surface area contributed by atoms with Crippen molar-refractivity contribution in [3.05, 3.63) is 88.2 Å². The van der Waals surface area contributed by atoms with Gasteiger partial charge in [-0.1, -0.05) is 47.2 Å². The Morgan fingerprint density at radius 3 is 2.64 bits per heavy atom. The van der Waals surface area contributed by atoms with Crippen molar-refractivity contribution in [3.8, 4) is 0 Å². The number of amides is 1. The van der Waals surface area contributed by atoms with Crippen LogP contribution < -0.4 is 4.90 Å². The highest BCUT2D eigenvalue weighted by Gasteiger charge is 2.24. The number of carbonyl (C=O) groups excluding carboxylic acids is 1. The van der Waals surface area contributed by atoms with Crippen LogP contribution in [0.25, 0.3) is 10.2 Å². The van der Waals surface area contributed by atoms with Crippen LogP contribution in [-0.2, 0) is 6.54 Å². The van der Waals surface area contributed by atoms with Crippen molar-refractivity contribution >= 4 is 44.2 Å². The highest BCUT2D eigenvalue weighted by Crippen LogP contribution is 2.34. The molecule has 4 nitrogen and oxygen atoms in total. The predicted octanol–water partition coefficient (Wildman–Crippen LogP) is 5.81. The van der Waals surface area contributed by atoms with Gasteiger partial charge in [-0.3, -0.25) is 14.7 Å². The first-order valence-electron chi connectivity index (χ1n) is 8.87. The minimum absolute atomic E-state index is 0.190. The molecule has 140 valence electrons. The van der Waals surface area contributed by atoms with Crippen molar-refractivity contribution in [2.45, 2.75) is 20.4 Å². The number of thiazole rings is 1. The van der Waals surface area contributed by atoms with E-state index in [2.05, 4.69) is 18.0 Å². The molecule has 0 aliphatic heterocycles. The molecular formula is C22H18ClN3OS. The van der Waals surface area contributed by atoms with Crippen LogP contribution >= 0.6 is 22.9 Å². The smallest absolute Gasteiger partial charge is 0.261 e. The number of nitrogens with zero attached hydrogens (tertiary/aromatic N) is 3. The number of carbonyl (C=O) groups is 1. The lowest BCUT2D eigenvalue weighted by Crippen LogP contribution is -2.30. The molecule has 0 N–H and O–H groups in total. The second-order valence-electron chi connectivity index (χ2n) is 6.62. The molecule has 0 spiro atoms. The Kier molecular flexibility index (Phi) is 5.11. The van der Waals surface area contributed by atoms with Crippen LogP contribution in [-0.4, -0.2) is 15.9 Å². The average Bonchev–Trinajstić information content (AvgIpc) is 3.11. The molecule has 4 rings (SSSR count). The molecule has 0 aliphatic rings. The molecule has 0 unspecified atom stereocenters. The van der Waals surface area contributed by atoms with Gasteiger partial charge in [0.25, 0.3) is 5.91 Å². The zero-order valence-electron chi connectivity index (χ0n) is 15.5. The lowest BCUT2D eigenvalue weighted by molar-refractivity contribution is 0.0985. The summed E-state index contributed by atoms with van der Waals surface area (Å²) in [7, 11) is 0. The van der Waals surface area contributed by atoms with Crippen molar-refractivity contribution in [1.29, 1.82) is 0 Å². The number of hydrogen-bond acceptors (Lipinski definition) is 4. The van der Waals surface area contributed by atoms with Gasteiger partial charge in [-0.2, -0.15) is 0 Å². The summed E-state index contributed by atoms with van der Waals surface area (Å²) in [6.45, 7) is 4.44. The Morgan fingerprint density at radius 2 is 1.89 bits per heavy atom. The van der Waals surface area contributed by atoms with Gasteiger partial charge in [-0.25, -0.2) is 4.98 Å². The number of aromatic nitrogens is 2. The van der Waals surface area contributed by atoms with E-state index in [1.54, 1.807) is 23.2 Å². The van der Waals surface area contributed by atoms with E-state index in [-0.39, 0.29) is 5.91 Å². The van der Waals surface area contributed by atoms with Gasteiger partial charge < -0.3 is 0 Å². The molecule has 0 radical (unpaired) electrons. The van der Waals surface area contributed by atoms with Crippen LogP contribution in [0.15, 0.2) is 60.8 Å². The topological polar surface area (TPSA) is 46.1 Å². The third-order valence-electron chi connectivity index (χ3n) is 4.44. The molecule has 2 aromatic carbocycles. The maximum Gasteiger partial charge on any atom is 0.261 e. The average molecular weight is 408 g/mol. The molecule has 2 aromatic heterocycles. The number of rotatable bonds is 4. The molecule has 6 heteroatoms. The van der Waals surface area contributed by atoms with Crippen molar-refractivity contribution in [3.63, 3.8) is 0 Å². The van der Waals surface area contributed by atoms with Gasteiger partial charge in [0.05, 0.1) is 33.0 Å². The Bertz CT molecular complexity index is 1160. The molecule has 0 saturated carbocycles. The van der Waals surface area contributed by atoms with Crippen LogP contribution in [0.1, 0.15) is 27.2 Å². The Morgan fingerprint density at radius 1 is 1.11 bits per heavy atom. The van der Waals surface area contributed by atoms with Gasteiger partial charge in [-0.15, -0.1) is 0 Å². The first-order valence-corrected chi connectivity index (χ1v) is 10.1. The maximum atomic E-state index is 13.4. The molecule has 4 aromatic rings. The summed E-state index contributed by atoms with van der Waals surface area (Å²) >= 11 is 7.81. The molecule has 1 amide bonds. The van der Waals surface area contributed by atoms with Crippen molar-refractivity contribution in [2.75, 3.05) is 4.90 Å². The number of anilines is 1. The summed E-state index contributed by atoms with van der Waals surface area (Å²) in [6, 6.07) is 16.9. The quantitative estimate of drug-likeness (QED) is 0.429. The van der Waals surface area contributed by atoms with E-state index in [4.69, 9.17) is 16.6 Å². The summed E-state index contributed by atoms with van der Waals surface area (Å²) in [5.41, 5.74) is 4.44. The second-order valence-corrected chi connectivity index (χ2v) is 8.00. The number of halogens is 1. The van der Waals surface area contributed by atoms with Gasteiger partial charge >= 0.3 is 0 Å². The van der Waals surface area contributed by atoms with E-state index in [0.717, 1.165) is 27.0 Å². The van der Waals surface area contributed by atoms with E-state index in [1.807, 2.05) is 43.3 Å². The first-order chi connectivity index (χ1) is 13.5. The fourth-order valence-electron chi connectivity index (χ4n) is 3.14. The summed E-state index contributed by atoms with van der Waals surface area (Å²) < 4.78 is 1.08. The monoisotopic (exact) mass is 407 g/mol. The second kappa shape index (κ2) is 7.70. The van der Waals surface area contributed by atoms with Crippen LogP contribution in [0, 0.1) is 13.8 Å². The van der Waals surface area contributed by atoms with Crippen LogP contribution in [0.3, 0.4) is 0 Å². The van der Waals surface area contributed by atoms with E-state index in [9.17, 15) is 4.79 Å². The lowest BCUT2D eigenvalue weighted by Gasteiger charge is -2.20. The molecule has 0 fully saturated rings. The standard InChI is InChI=1S/C22H18ClN3OS/c1-14-11-15(2)20-19(12-14)25-22(28-20)26(13-16-7-5-6-10-24-16)21(27)17-8-3-4-9-18(17)23/h3-12H,13H2,1-2H3. The van der Waals surface area contributed by atoms with E-state index in [1.165, 1.54) is 11.3 Å². The summed E-state index contributed by atoms with van der Waals surface area (Å²) in [5, 5.41) is 1.06. The van der Waals surface area contributed by atoms with Crippen LogP contribution in [0.2, 0.25) is 5.02 Å². The van der Waals surface area contributed by atoms with Crippen molar-refractivity contribution in [1.82, 2.24) is 9.97 Å². The lowest BCUT2D eigenvalue weighted by atomic mass is 10.1. The molecule has 0 saturated heterocycles. The zero-order valence-corrected chi connectivity index (χ0v) is 17.1. The van der Waals surface area contributed by atoms with Crippen molar-refractivity contribution in [2.24, 2.45) is 0 Å². The fourth-order valence-corrected chi connectivity index (χ4v) is 4.37. The van der Waals surface area contributed by atoms with Gasteiger partial charge in [0.2, 0.25) is 0 Å². The number of hydrogen-bond donors (Lipinski definition) is 0. The highest BCUT2D eigenvalue weighted by atomic mass is 35.5. The van der Waals surface area contributed by atoms with E-state index in [0.29, 0.717) is 22.3 Å². The number of benzene rings is 2. The fraction of sp³-hybridized carbons (Fsp3) is 0.136. The minimum Gasteiger partial charge on any atom is -0.278 e. The SMILES string of the molecule is Cc1cc(C)c2sc(N(Cc3ccccn3)C(=O)c3ccccc3Cl)nc2c1. The zero-order chi connectivity index (χ0) is 19.7. The predicted molar refractivity (Wildman–Crippen MR) is 115 cm³/mol. The number of pyridine rings is 1. The maximum absolute atomic E-state index is 13.4. The highest BCUT2D eigenvalue weighted by molar-refractivity contribution is 7.22. The van der Waals surface area contributed by atoms with Crippen LogP contribution in [0.5, 0.6) is 0 Å². The largest absolute Gasteiger partial charge is 0.278 e. The molecule has 0 atom stereocenters. The van der Waals surface area contributed by atoms with Crippen LogP contribution in [0.4, 0.5) is 5.13 Å². The minimum atomic E-state index is -0.190. The number of fused-ring (bicyclic) bond motifs is 1. The Labute approximate surface area is 172 Å². The third-order valence-corrected chi connectivity index (χ3v) is 5.99. The normalized spacial score (nSPS) is 11.0. The summed E-state index contributed by atoms with van der Waals surface area (Å²) in [6.07, 6.45) is 1.72. The van der Waals surface area contributed by atoms with Gasteiger partial charge in [0.15, 0.2) is 5.13 Å². The van der Waals surface area contributed by atoms with E-state index < -0.39 is 0 Å².